The van der Waals surface area contributed by atoms with Crippen LogP contribution in [-0.2, 0) is 14.3 Å². The lowest BCUT2D eigenvalue weighted by Gasteiger charge is -2.35. The van der Waals surface area contributed by atoms with Gasteiger partial charge in [-0.15, -0.1) is 11.8 Å². The minimum absolute atomic E-state index is 0.0740. The van der Waals surface area contributed by atoms with Crippen LogP contribution in [0.3, 0.4) is 0 Å². The van der Waals surface area contributed by atoms with Gasteiger partial charge in [0.25, 0.3) is 5.91 Å². The normalized spacial score (nSPS) is 20.7. The molecule has 1 atom stereocenters. The average Bonchev–Trinajstić information content (AvgIpc) is 2.74. The Labute approximate surface area is 170 Å². The number of thioether (sulfide) groups is 1. The number of benzene rings is 1. The van der Waals surface area contributed by atoms with Crippen LogP contribution in [0.4, 0.5) is 5.69 Å². The Morgan fingerprint density at radius 3 is 2.43 bits per heavy atom. The number of methoxy groups -OCH3 is 1. The van der Waals surface area contributed by atoms with E-state index in [0.29, 0.717) is 19.6 Å². The predicted molar refractivity (Wildman–Crippen MR) is 109 cm³/mol. The van der Waals surface area contributed by atoms with E-state index in [4.69, 9.17) is 4.74 Å². The van der Waals surface area contributed by atoms with E-state index < -0.39 is 0 Å². The Hall–Kier alpha value is -2.06. The molecular formula is C20H28N3O4S+. The highest BCUT2D eigenvalue weighted by Gasteiger charge is 2.32. The van der Waals surface area contributed by atoms with Gasteiger partial charge < -0.3 is 19.4 Å². The maximum absolute atomic E-state index is 12.7. The monoisotopic (exact) mass is 406 g/mol. The number of ketones is 1. The number of nitrogens with zero attached hydrogens (tertiary/aromatic N) is 2. The number of anilines is 1. The SMILES string of the molecule is COC(=O)[C@@H]1CN(C(=O)C[NH+]2CCN(c3ccc(C(C)=O)cc3)CC2)CCS1. The molecule has 2 aliphatic rings. The first kappa shape index (κ1) is 20.7. The van der Waals surface area contributed by atoms with E-state index in [1.54, 1.807) is 23.6 Å². The summed E-state index contributed by atoms with van der Waals surface area (Å²) >= 11 is 1.56. The summed E-state index contributed by atoms with van der Waals surface area (Å²) < 4.78 is 4.81. The molecule has 152 valence electrons. The number of nitrogens with one attached hydrogen (secondary N) is 1. The Balaban J connectivity index is 1.48. The van der Waals surface area contributed by atoms with Gasteiger partial charge in [-0.1, -0.05) is 0 Å². The molecule has 0 spiro atoms. The number of ether oxygens (including phenoxy) is 1. The molecule has 7 nitrogen and oxygen atoms in total. The molecule has 0 saturated carbocycles. The van der Waals surface area contributed by atoms with Crippen LogP contribution in [0.15, 0.2) is 24.3 Å². The molecule has 1 aromatic rings. The average molecular weight is 407 g/mol. The molecule has 2 saturated heterocycles. The van der Waals surface area contributed by atoms with Gasteiger partial charge in [0.1, 0.15) is 5.25 Å². The Bertz CT molecular complexity index is 717. The first-order valence-electron chi connectivity index (χ1n) is 9.64. The van der Waals surface area contributed by atoms with E-state index in [1.165, 1.54) is 12.0 Å². The number of hydrogen-bond acceptors (Lipinski definition) is 6. The van der Waals surface area contributed by atoms with Crippen molar-refractivity contribution in [1.82, 2.24) is 4.90 Å². The van der Waals surface area contributed by atoms with E-state index in [2.05, 4.69) is 4.90 Å². The number of Topliss-reactive ketones (excluding diaryl/α,β-unsaturated/α-hetero) is 1. The molecule has 2 aliphatic heterocycles. The van der Waals surface area contributed by atoms with Crippen molar-refractivity contribution in [3.8, 4) is 0 Å². The summed E-state index contributed by atoms with van der Waals surface area (Å²) in [5.74, 6) is 0.706. The Kier molecular flexibility index (Phi) is 6.96. The highest BCUT2D eigenvalue weighted by molar-refractivity contribution is 8.00. The Morgan fingerprint density at radius 2 is 1.82 bits per heavy atom. The van der Waals surface area contributed by atoms with Gasteiger partial charge in [-0.05, 0) is 31.2 Å². The molecule has 2 fully saturated rings. The highest BCUT2D eigenvalue weighted by Crippen LogP contribution is 2.19. The predicted octanol–water partition coefficient (Wildman–Crippen LogP) is -0.289. The number of piperazine rings is 1. The lowest BCUT2D eigenvalue weighted by molar-refractivity contribution is -0.892. The van der Waals surface area contributed by atoms with Gasteiger partial charge in [0.15, 0.2) is 12.3 Å². The first-order chi connectivity index (χ1) is 13.5. The van der Waals surface area contributed by atoms with Crippen molar-refractivity contribution in [3.05, 3.63) is 29.8 Å². The lowest BCUT2D eigenvalue weighted by Crippen LogP contribution is -3.16. The number of hydrogen-bond donors (Lipinski definition) is 1. The molecule has 3 rings (SSSR count). The maximum Gasteiger partial charge on any atom is 0.320 e. The topological polar surface area (TPSA) is 71.4 Å². The van der Waals surface area contributed by atoms with E-state index in [0.717, 1.165) is 43.2 Å². The minimum Gasteiger partial charge on any atom is -0.468 e. The molecule has 0 bridgehead atoms. The van der Waals surface area contributed by atoms with E-state index in [9.17, 15) is 14.4 Å². The summed E-state index contributed by atoms with van der Waals surface area (Å²) in [6.45, 7) is 6.72. The molecule has 0 aromatic heterocycles. The summed E-state index contributed by atoms with van der Waals surface area (Å²) in [6.07, 6.45) is 0. The quantitative estimate of drug-likeness (QED) is 0.535. The van der Waals surface area contributed by atoms with Crippen LogP contribution < -0.4 is 9.80 Å². The zero-order chi connectivity index (χ0) is 20.1. The van der Waals surface area contributed by atoms with Gasteiger partial charge in [-0.25, -0.2) is 0 Å². The molecular weight excluding hydrogens is 378 g/mol. The van der Waals surface area contributed by atoms with Crippen LogP contribution in [0.1, 0.15) is 17.3 Å². The third-order valence-corrected chi connectivity index (χ3v) is 6.56. The van der Waals surface area contributed by atoms with E-state index in [1.807, 2.05) is 24.3 Å². The number of quaternary nitrogens is 1. The van der Waals surface area contributed by atoms with Gasteiger partial charge in [0, 0.05) is 30.1 Å². The Morgan fingerprint density at radius 1 is 1.14 bits per heavy atom. The lowest BCUT2D eigenvalue weighted by atomic mass is 10.1. The van der Waals surface area contributed by atoms with Gasteiger partial charge in [0.05, 0.1) is 33.3 Å². The number of carbonyl (C=O) groups excluding carboxylic acids is 3. The smallest absolute Gasteiger partial charge is 0.320 e. The second-order valence-electron chi connectivity index (χ2n) is 7.24. The van der Waals surface area contributed by atoms with Crippen molar-refractivity contribution in [1.29, 1.82) is 0 Å². The second kappa shape index (κ2) is 9.43. The van der Waals surface area contributed by atoms with Crippen LogP contribution in [0.25, 0.3) is 0 Å². The van der Waals surface area contributed by atoms with Crippen LogP contribution in [0.2, 0.25) is 0 Å². The summed E-state index contributed by atoms with van der Waals surface area (Å²) in [4.78, 5) is 41.2. The third-order valence-electron chi connectivity index (χ3n) is 5.39. The molecule has 0 radical (unpaired) electrons. The molecule has 0 unspecified atom stereocenters. The summed E-state index contributed by atoms with van der Waals surface area (Å²) in [6, 6.07) is 7.72. The minimum atomic E-state index is -0.271. The first-order valence-corrected chi connectivity index (χ1v) is 10.7. The van der Waals surface area contributed by atoms with Gasteiger partial charge in [0.2, 0.25) is 0 Å². The number of esters is 1. The molecule has 1 amide bonds. The zero-order valence-corrected chi connectivity index (χ0v) is 17.3. The van der Waals surface area contributed by atoms with Crippen LogP contribution in [-0.4, -0.2) is 86.5 Å². The van der Waals surface area contributed by atoms with Gasteiger partial charge >= 0.3 is 5.97 Å². The summed E-state index contributed by atoms with van der Waals surface area (Å²) in [7, 11) is 1.39. The second-order valence-corrected chi connectivity index (χ2v) is 8.55. The van der Waals surface area contributed by atoms with E-state index >= 15 is 0 Å². The van der Waals surface area contributed by atoms with Crippen molar-refractivity contribution in [3.63, 3.8) is 0 Å². The van der Waals surface area contributed by atoms with Crippen molar-refractivity contribution in [2.75, 3.05) is 63.6 Å². The molecule has 1 aromatic carbocycles. The number of amides is 1. The van der Waals surface area contributed by atoms with Gasteiger partial charge in [-0.3, -0.25) is 14.4 Å². The maximum atomic E-state index is 12.7. The van der Waals surface area contributed by atoms with Gasteiger partial charge in [-0.2, -0.15) is 0 Å². The summed E-state index contributed by atoms with van der Waals surface area (Å²) in [5, 5.41) is -0.271. The fraction of sp³-hybridized carbons (Fsp3) is 0.550. The van der Waals surface area contributed by atoms with Crippen molar-refractivity contribution in [2.45, 2.75) is 12.2 Å². The zero-order valence-electron chi connectivity index (χ0n) is 16.5. The molecule has 0 aliphatic carbocycles. The molecule has 1 N–H and O–H groups in total. The fourth-order valence-electron chi connectivity index (χ4n) is 3.64. The standard InChI is InChI=1S/C20H27N3O4S/c1-15(24)16-3-5-17(6-4-16)22-9-7-21(8-10-22)14-19(25)23-11-12-28-18(13-23)20(26)27-2/h3-6,18H,7-14H2,1-2H3/p+1/t18-/m0/s1. The van der Waals surface area contributed by atoms with Crippen LogP contribution in [0, 0.1) is 0 Å². The van der Waals surface area contributed by atoms with Crippen LogP contribution >= 0.6 is 11.8 Å². The molecule has 28 heavy (non-hydrogen) atoms. The van der Waals surface area contributed by atoms with Crippen molar-refractivity contribution >= 4 is 35.1 Å². The molecule has 2 heterocycles. The number of rotatable bonds is 5. The fourth-order valence-corrected chi connectivity index (χ4v) is 4.77. The third kappa shape index (κ3) is 5.05. The largest absolute Gasteiger partial charge is 0.468 e. The highest BCUT2D eigenvalue weighted by atomic mass is 32.2. The van der Waals surface area contributed by atoms with Crippen molar-refractivity contribution < 1.29 is 24.0 Å². The number of carbonyl (C=O) groups is 3. The summed E-state index contributed by atoms with van der Waals surface area (Å²) in [5.41, 5.74) is 1.84. The van der Waals surface area contributed by atoms with Crippen molar-refractivity contribution in [2.24, 2.45) is 0 Å². The van der Waals surface area contributed by atoms with E-state index in [-0.39, 0.29) is 22.9 Å². The van der Waals surface area contributed by atoms with Crippen LogP contribution in [0.5, 0.6) is 0 Å². The molecule has 8 heteroatoms.